The normalized spacial score (nSPS) is 22.1. The summed E-state index contributed by atoms with van der Waals surface area (Å²) in [5.74, 6) is -1.04. The summed E-state index contributed by atoms with van der Waals surface area (Å²) in [6.45, 7) is 14.9. The van der Waals surface area contributed by atoms with Crippen LogP contribution in [0.1, 0.15) is 105 Å². The molecule has 0 bridgehead atoms. The summed E-state index contributed by atoms with van der Waals surface area (Å²) in [5.41, 5.74) is -0.532. The van der Waals surface area contributed by atoms with Crippen molar-refractivity contribution in [2.75, 3.05) is 13.2 Å². The molecule has 61 heavy (non-hydrogen) atoms. The molecule has 0 radical (unpaired) electrons. The number of ketones is 1. The van der Waals surface area contributed by atoms with Gasteiger partial charge in [-0.15, -0.1) is 0 Å². The largest absolute Gasteiger partial charge is 0.494 e. The van der Waals surface area contributed by atoms with Crippen LogP contribution in [-0.4, -0.2) is 85.5 Å². The van der Waals surface area contributed by atoms with Gasteiger partial charge in [0, 0.05) is 19.4 Å². The summed E-state index contributed by atoms with van der Waals surface area (Å²) < 4.78 is 12.8. The summed E-state index contributed by atoms with van der Waals surface area (Å²) in [7, 11) is -2.94. The van der Waals surface area contributed by atoms with Gasteiger partial charge in [-0.2, -0.15) is 0 Å². The number of rotatable bonds is 17. The first-order valence-electron chi connectivity index (χ1n) is 22.1. The number of carbonyl (C=O) groups excluding carboxylic acids is 5. The Bertz CT molecular complexity index is 1950. The van der Waals surface area contributed by atoms with Crippen molar-refractivity contribution in [1.82, 2.24) is 20.9 Å². The zero-order valence-electron chi connectivity index (χ0n) is 37.1. The SMILES string of the molecule is CCCCOc1ccc(C[C@@H]2NC(=O)[C@](C)(CC)NC(=O)[C@H](CCC=CCC(=O)[C@@H](C)O[Si](c3ccccc3)(c3ccccc3)C(C)(C)C)NC(=O)[C@H]3CCCN3C2=O)cc1. The minimum absolute atomic E-state index is 0.0660. The highest BCUT2D eigenvalue weighted by Crippen LogP contribution is 2.37. The van der Waals surface area contributed by atoms with E-state index in [4.69, 9.17) is 9.16 Å². The number of hydrogen-bond donors (Lipinski definition) is 3. The summed E-state index contributed by atoms with van der Waals surface area (Å²) in [6, 6.07) is 25.2. The number of amides is 4. The van der Waals surface area contributed by atoms with Crippen LogP contribution in [0.15, 0.2) is 97.1 Å². The fraction of sp³-hybridized carbons (Fsp3) is 0.490. The molecule has 3 aromatic carbocycles. The van der Waals surface area contributed by atoms with Crippen LogP contribution in [0.5, 0.6) is 5.75 Å². The minimum atomic E-state index is -2.94. The maximum atomic E-state index is 14.2. The maximum absolute atomic E-state index is 14.2. The van der Waals surface area contributed by atoms with Crippen LogP contribution in [0.25, 0.3) is 0 Å². The lowest BCUT2D eigenvalue weighted by molar-refractivity contribution is -0.144. The van der Waals surface area contributed by atoms with Crippen molar-refractivity contribution in [1.29, 1.82) is 0 Å². The molecule has 2 saturated heterocycles. The topological polar surface area (TPSA) is 143 Å². The molecule has 5 rings (SSSR count). The summed E-state index contributed by atoms with van der Waals surface area (Å²) >= 11 is 0. The van der Waals surface area contributed by atoms with E-state index < -0.39 is 55.8 Å². The molecule has 4 amide bonds. The van der Waals surface area contributed by atoms with Crippen LogP contribution in [0.4, 0.5) is 0 Å². The fourth-order valence-electron chi connectivity index (χ4n) is 8.28. The first-order chi connectivity index (χ1) is 29.1. The lowest BCUT2D eigenvalue weighted by Gasteiger charge is -2.44. The van der Waals surface area contributed by atoms with E-state index in [9.17, 15) is 24.0 Å². The van der Waals surface area contributed by atoms with Gasteiger partial charge in [-0.1, -0.05) is 126 Å². The molecule has 0 aromatic heterocycles. The van der Waals surface area contributed by atoms with E-state index in [0.717, 1.165) is 34.5 Å². The molecule has 2 fully saturated rings. The highest BCUT2D eigenvalue weighted by atomic mass is 28.4. The third kappa shape index (κ3) is 11.4. The van der Waals surface area contributed by atoms with Gasteiger partial charge in [0.05, 0.1) is 6.61 Å². The highest BCUT2D eigenvalue weighted by Gasteiger charge is 2.51. The molecule has 0 unspecified atom stereocenters. The van der Waals surface area contributed by atoms with Crippen molar-refractivity contribution >= 4 is 48.1 Å². The molecule has 12 heteroatoms. The average molecular weight is 851 g/mol. The molecule has 0 spiro atoms. The molecule has 328 valence electrons. The highest BCUT2D eigenvalue weighted by molar-refractivity contribution is 6.99. The number of Topliss-reactive ketones (excluding diaryl/α,β-unsaturated/α-hetero) is 1. The van der Waals surface area contributed by atoms with Crippen LogP contribution in [0.3, 0.4) is 0 Å². The molecule has 0 saturated carbocycles. The molecular formula is C49H66N4O7Si. The van der Waals surface area contributed by atoms with Gasteiger partial charge in [0.1, 0.15) is 35.5 Å². The Morgan fingerprint density at radius 1 is 0.885 bits per heavy atom. The van der Waals surface area contributed by atoms with Gasteiger partial charge in [0.25, 0.3) is 8.32 Å². The number of allylic oxidation sites excluding steroid dienone is 2. The van der Waals surface area contributed by atoms with Crippen molar-refractivity contribution < 1.29 is 33.1 Å². The van der Waals surface area contributed by atoms with Gasteiger partial charge >= 0.3 is 0 Å². The quantitative estimate of drug-likeness (QED) is 0.0869. The van der Waals surface area contributed by atoms with Crippen LogP contribution in [0, 0.1) is 0 Å². The molecule has 3 aromatic rings. The second kappa shape index (κ2) is 21.1. The number of benzene rings is 3. The molecular weight excluding hydrogens is 785 g/mol. The first-order valence-corrected chi connectivity index (χ1v) is 24.0. The van der Waals surface area contributed by atoms with Crippen molar-refractivity contribution in [2.45, 2.75) is 141 Å². The molecule has 5 atom stereocenters. The van der Waals surface area contributed by atoms with E-state index >= 15 is 0 Å². The number of nitrogens with one attached hydrogen (secondary N) is 3. The van der Waals surface area contributed by atoms with Gasteiger partial charge in [-0.3, -0.25) is 24.0 Å². The smallest absolute Gasteiger partial charge is 0.262 e. The number of ether oxygens (including phenoxy) is 1. The second-order valence-corrected chi connectivity index (χ2v) is 21.9. The van der Waals surface area contributed by atoms with Gasteiger partial charge < -0.3 is 30.0 Å². The number of hydrogen-bond acceptors (Lipinski definition) is 7. The molecule has 3 N–H and O–H groups in total. The summed E-state index contributed by atoms with van der Waals surface area (Å²) in [6.07, 6.45) is 7.17. The van der Waals surface area contributed by atoms with E-state index in [1.54, 1.807) is 24.8 Å². The van der Waals surface area contributed by atoms with Crippen LogP contribution < -0.4 is 31.1 Å². The van der Waals surface area contributed by atoms with Crippen molar-refractivity contribution in [3.8, 4) is 5.75 Å². The Kier molecular flexibility index (Phi) is 16.3. The fourth-order valence-corrected chi connectivity index (χ4v) is 13.0. The number of nitrogens with zero attached hydrogens (tertiary/aromatic N) is 1. The van der Waals surface area contributed by atoms with Crippen molar-refractivity contribution in [2.24, 2.45) is 0 Å². The number of unbranched alkanes of at least 4 members (excludes halogenated alkanes) is 1. The Balaban J connectivity index is 1.27. The third-order valence-corrected chi connectivity index (χ3v) is 17.3. The predicted molar refractivity (Wildman–Crippen MR) is 242 cm³/mol. The molecule has 2 aliphatic rings. The molecule has 2 heterocycles. The van der Waals surface area contributed by atoms with Gasteiger partial charge in [-0.25, -0.2) is 0 Å². The Hall–Kier alpha value is -5.07. The van der Waals surface area contributed by atoms with Crippen molar-refractivity contribution in [3.63, 3.8) is 0 Å². The van der Waals surface area contributed by atoms with Gasteiger partial charge in [-0.05, 0) is 85.5 Å². The Morgan fingerprint density at radius 3 is 2.11 bits per heavy atom. The monoisotopic (exact) mass is 850 g/mol. The lowest BCUT2D eigenvalue weighted by Crippen LogP contribution is -2.68. The standard InChI is InChI=1S/C49H66N4O7Si/c1-8-10-33-59-37-30-28-36(29-31-37)34-41-46(57)53-32-20-26-42(53)45(56)50-40(44(55)52-49(7,9-2)47(58)51-41)25-18-13-19-27-43(54)35(3)60-61(48(4,5)6,38-21-14-11-15-22-38)39-23-16-12-17-24-39/h11-17,19,21-24,28-31,35,40-42H,8-10,18,20,25-27,32-34H2,1-7H3,(H,50,56)(H,51,58)(H,52,55)/t35-,40+,41+,42-,49+/m1/s1. The van der Waals surface area contributed by atoms with E-state index in [1.165, 1.54) is 0 Å². The first kappa shape index (κ1) is 47.0. The summed E-state index contributed by atoms with van der Waals surface area (Å²) in [5, 5.41) is 10.7. The second-order valence-electron chi connectivity index (χ2n) is 17.6. The van der Waals surface area contributed by atoms with Gasteiger partial charge in [0.15, 0.2) is 5.78 Å². The van der Waals surface area contributed by atoms with Gasteiger partial charge in [0.2, 0.25) is 23.6 Å². The third-order valence-electron chi connectivity index (χ3n) is 12.1. The molecule has 0 aliphatic carbocycles. The van der Waals surface area contributed by atoms with E-state index in [-0.39, 0.29) is 42.4 Å². The minimum Gasteiger partial charge on any atom is -0.494 e. The lowest BCUT2D eigenvalue weighted by atomic mass is 9.94. The van der Waals surface area contributed by atoms with E-state index in [0.29, 0.717) is 32.4 Å². The Morgan fingerprint density at radius 2 is 1.52 bits per heavy atom. The molecule has 11 nitrogen and oxygen atoms in total. The van der Waals surface area contributed by atoms with Crippen LogP contribution in [0.2, 0.25) is 5.04 Å². The zero-order chi connectivity index (χ0) is 44.2. The van der Waals surface area contributed by atoms with E-state index in [2.05, 4.69) is 67.9 Å². The zero-order valence-corrected chi connectivity index (χ0v) is 38.1. The van der Waals surface area contributed by atoms with Crippen molar-refractivity contribution in [3.05, 3.63) is 103 Å². The van der Waals surface area contributed by atoms with Crippen LogP contribution in [-0.2, 0) is 34.8 Å². The maximum Gasteiger partial charge on any atom is 0.262 e. The number of carbonyl (C=O) groups is 5. The summed E-state index contributed by atoms with van der Waals surface area (Å²) in [4.78, 5) is 71.3. The van der Waals surface area contributed by atoms with Crippen LogP contribution >= 0.6 is 0 Å². The average Bonchev–Trinajstić information content (AvgIpc) is 3.75. The number of fused-ring (bicyclic) bond motifs is 1. The molecule has 2 aliphatic heterocycles. The van der Waals surface area contributed by atoms with E-state index in [1.807, 2.05) is 73.7 Å². The Labute approximate surface area is 363 Å². The predicted octanol–water partition coefficient (Wildman–Crippen LogP) is 5.93.